The highest BCUT2D eigenvalue weighted by Crippen LogP contribution is 2.36. The molecule has 0 bridgehead atoms. The van der Waals surface area contributed by atoms with Crippen LogP contribution in [0.2, 0.25) is 0 Å². The number of nitrogens with one attached hydrogen (secondary N) is 1. The second-order valence-corrected chi connectivity index (χ2v) is 9.35. The molecule has 1 atom stereocenters. The maximum atomic E-state index is 5.01. The number of hydrogen-bond acceptors (Lipinski definition) is 5. The summed E-state index contributed by atoms with van der Waals surface area (Å²) in [6.45, 7) is 12.5. The molecule has 0 aromatic carbocycles. The van der Waals surface area contributed by atoms with Gasteiger partial charge < -0.3 is 10.2 Å². The van der Waals surface area contributed by atoms with Crippen molar-refractivity contribution in [3.63, 3.8) is 0 Å². The van der Waals surface area contributed by atoms with E-state index in [0.717, 1.165) is 26.1 Å². The third-order valence-electron chi connectivity index (χ3n) is 4.24. The fourth-order valence-electron chi connectivity index (χ4n) is 2.56. The van der Waals surface area contributed by atoms with Crippen molar-refractivity contribution in [2.24, 2.45) is 0 Å². The summed E-state index contributed by atoms with van der Waals surface area (Å²) in [6, 6.07) is 0. The van der Waals surface area contributed by atoms with Gasteiger partial charge in [-0.05, 0) is 25.8 Å². The van der Waals surface area contributed by atoms with E-state index in [1.807, 2.05) is 18.4 Å². The van der Waals surface area contributed by atoms with Crippen LogP contribution < -0.4 is 10.2 Å². The Morgan fingerprint density at radius 1 is 1.38 bits per heavy atom. The topological polar surface area (TPSA) is 28.2 Å². The van der Waals surface area contributed by atoms with Crippen LogP contribution in [0.25, 0.3) is 0 Å². The van der Waals surface area contributed by atoms with Crippen molar-refractivity contribution < 1.29 is 0 Å². The summed E-state index contributed by atoms with van der Waals surface area (Å²) in [7, 11) is 2.02. The van der Waals surface area contributed by atoms with Gasteiger partial charge in [-0.15, -0.1) is 11.3 Å². The van der Waals surface area contributed by atoms with Crippen molar-refractivity contribution >= 4 is 28.2 Å². The summed E-state index contributed by atoms with van der Waals surface area (Å²) in [5.74, 6) is 1.75. The average Bonchev–Trinajstić information content (AvgIpc) is 2.77. The highest BCUT2D eigenvalue weighted by molar-refractivity contribution is 8.00. The molecule has 1 N–H and O–H groups in total. The van der Waals surface area contributed by atoms with E-state index < -0.39 is 0 Å². The number of hydrogen-bond donors (Lipinski definition) is 1. The predicted octanol–water partition coefficient (Wildman–Crippen LogP) is 4.10. The summed E-state index contributed by atoms with van der Waals surface area (Å²) in [5.41, 5.74) is 1.31. The molecule has 0 saturated carbocycles. The molecule has 0 amide bonds. The second-order valence-electron chi connectivity index (χ2n) is 6.49. The van der Waals surface area contributed by atoms with E-state index in [9.17, 15) is 0 Å². The van der Waals surface area contributed by atoms with Crippen LogP contribution in [0.3, 0.4) is 0 Å². The van der Waals surface area contributed by atoms with Crippen molar-refractivity contribution in [3.05, 3.63) is 10.6 Å². The van der Waals surface area contributed by atoms with Gasteiger partial charge in [-0.25, -0.2) is 4.98 Å². The molecular weight excluding hydrogens is 298 g/mol. The van der Waals surface area contributed by atoms with Gasteiger partial charge in [0.05, 0.1) is 5.69 Å². The third kappa shape index (κ3) is 4.36. The summed E-state index contributed by atoms with van der Waals surface area (Å²) in [6.07, 6.45) is 2.39. The summed E-state index contributed by atoms with van der Waals surface area (Å²) < 4.78 is 0.402. The first-order valence-corrected chi connectivity index (χ1v) is 9.80. The van der Waals surface area contributed by atoms with Crippen molar-refractivity contribution in [2.45, 2.75) is 57.7 Å². The first-order chi connectivity index (χ1) is 9.96. The van der Waals surface area contributed by atoms with E-state index >= 15 is 0 Å². The van der Waals surface area contributed by atoms with Crippen LogP contribution in [0, 0.1) is 0 Å². The van der Waals surface area contributed by atoms with Crippen LogP contribution in [-0.2, 0) is 6.54 Å². The molecule has 0 aliphatic carbocycles. The van der Waals surface area contributed by atoms with Gasteiger partial charge in [-0.2, -0.15) is 11.8 Å². The van der Waals surface area contributed by atoms with Crippen molar-refractivity contribution in [2.75, 3.05) is 30.8 Å². The standard InChI is InChI=1S/C16H29N3S2/c1-6-12(2)14-13(11-17-5)21-15(18-14)19-8-7-16(3,4)20-10-9-19/h12,17H,6-11H2,1-5H3. The number of anilines is 1. The molecule has 1 unspecified atom stereocenters. The number of thiazole rings is 1. The molecule has 1 aromatic rings. The summed E-state index contributed by atoms with van der Waals surface area (Å²) in [4.78, 5) is 8.92. The predicted molar refractivity (Wildman–Crippen MR) is 97.0 cm³/mol. The van der Waals surface area contributed by atoms with Crippen LogP contribution in [-0.4, -0.2) is 35.6 Å². The third-order valence-corrected chi connectivity index (χ3v) is 6.75. The Bertz CT molecular complexity index is 456. The fourth-order valence-corrected chi connectivity index (χ4v) is 4.91. The van der Waals surface area contributed by atoms with Gasteiger partial charge in [0, 0.05) is 35.0 Å². The number of aromatic nitrogens is 1. The van der Waals surface area contributed by atoms with Crippen LogP contribution in [0.4, 0.5) is 5.13 Å². The Morgan fingerprint density at radius 2 is 2.14 bits per heavy atom. The Kier molecular flexibility index (Phi) is 5.97. The molecule has 21 heavy (non-hydrogen) atoms. The molecule has 1 aliphatic heterocycles. The largest absolute Gasteiger partial charge is 0.347 e. The normalized spacial score (nSPS) is 20.3. The molecule has 120 valence electrons. The minimum Gasteiger partial charge on any atom is -0.347 e. The molecule has 5 heteroatoms. The first kappa shape index (κ1) is 17.1. The monoisotopic (exact) mass is 327 g/mol. The molecule has 1 aliphatic rings. The van der Waals surface area contributed by atoms with Crippen molar-refractivity contribution in [1.82, 2.24) is 10.3 Å². The Labute approximate surface area is 137 Å². The number of rotatable bonds is 5. The van der Waals surface area contributed by atoms with E-state index in [2.05, 4.69) is 49.7 Å². The molecule has 2 heterocycles. The molecule has 0 radical (unpaired) electrons. The molecule has 1 aromatic heterocycles. The van der Waals surface area contributed by atoms with E-state index in [0.29, 0.717) is 10.7 Å². The maximum Gasteiger partial charge on any atom is 0.185 e. The zero-order chi connectivity index (χ0) is 15.5. The van der Waals surface area contributed by atoms with Gasteiger partial charge in [-0.3, -0.25) is 0 Å². The molecule has 1 saturated heterocycles. The smallest absolute Gasteiger partial charge is 0.185 e. The lowest BCUT2D eigenvalue weighted by Crippen LogP contribution is -2.26. The van der Waals surface area contributed by atoms with Gasteiger partial charge in [-0.1, -0.05) is 27.7 Å². The first-order valence-electron chi connectivity index (χ1n) is 8.00. The van der Waals surface area contributed by atoms with Crippen molar-refractivity contribution in [3.8, 4) is 0 Å². The molecule has 3 nitrogen and oxygen atoms in total. The highest BCUT2D eigenvalue weighted by Gasteiger charge is 2.26. The Morgan fingerprint density at radius 3 is 2.81 bits per heavy atom. The second kappa shape index (κ2) is 7.34. The lowest BCUT2D eigenvalue weighted by molar-refractivity contribution is 0.635. The van der Waals surface area contributed by atoms with Gasteiger partial charge in [0.25, 0.3) is 0 Å². The lowest BCUT2D eigenvalue weighted by atomic mass is 10.0. The fraction of sp³-hybridized carbons (Fsp3) is 0.812. The van der Waals surface area contributed by atoms with Crippen LogP contribution in [0.15, 0.2) is 0 Å². The van der Waals surface area contributed by atoms with E-state index in [-0.39, 0.29) is 0 Å². The SMILES string of the molecule is CCC(C)c1nc(N2CCSC(C)(C)CC2)sc1CNC. The highest BCUT2D eigenvalue weighted by atomic mass is 32.2. The van der Waals surface area contributed by atoms with Gasteiger partial charge in [0.1, 0.15) is 0 Å². The van der Waals surface area contributed by atoms with Crippen LogP contribution >= 0.6 is 23.1 Å². The molecule has 1 fully saturated rings. The van der Waals surface area contributed by atoms with Crippen LogP contribution in [0.5, 0.6) is 0 Å². The minimum absolute atomic E-state index is 0.402. The quantitative estimate of drug-likeness (QED) is 0.881. The minimum atomic E-state index is 0.402. The van der Waals surface area contributed by atoms with Gasteiger partial charge in [0.15, 0.2) is 5.13 Å². The van der Waals surface area contributed by atoms with Gasteiger partial charge in [0.2, 0.25) is 0 Å². The van der Waals surface area contributed by atoms with Gasteiger partial charge >= 0.3 is 0 Å². The zero-order valence-electron chi connectivity index (χ0n) is 14.0. The lowest BCUT2D eigenvalue weighted by Gasteiger charge is -2.22. The molecule has 2 rings (SSSR count). The average molecular weight is 328 g/mol. The van der Waals surface area contributed by atoms with E-state index in [1.165, 1.54) is 27.9 Å². The number of thioether (sulfide) groups is 1. The summed E-state index contributed by atoms with van der Waals surface area (Å²) >= 11 is 3.98. The van der Waals surface area contributed by atoms with Crippen molar-refractivity contribution in [1.29, 1.82) is 0 Å². The number of nitrogens with zero attached hydrogens (tertiary/aromatic N) is 2. The Hall–Kier alpha value is -0.260. The zero-order valence-corrected chi connectivity index (χ0v) is 15.7. The molecular formula is C16H29N3S2. The maximum absolute atomic E-state index is 5.01. The van der Waals surface area contributed by atoms with E-state index in [4.69, 9.17) is 4.98 Å². The Balaban J connectivity index is 2.19. The molecule has 0 spiro atoms. The summed E-state index contributed by atoms with van der Waals surface area (Å²) in [5, 5.41) is 4.52. The van der Waals surface area contributed by atoms with Crippen LogP contribution in [0.1, 0.15) is 57.0 Å². The van der Waals surface area contributed by atoms with E-state index in [1.54, 1.807) is 0 Å².